The number of aromatic nitrogens is 1. The first-order valence-electron chi connectivity index (χ1n) is 7.78. The van der Waals surface area contributed by atoms with E-state index in [1.165, 1.54) is 13.2 Å². The highest BCUT2D eigenvalue weighted by molar-refractivity contribution is 5.96. The number of ether oxygens (including phenoxy) is 1. The van der Waals surface area contributed by atoms with Crippen molar-refractivity contribution in [1.82, 2.24) is 4.98 Å². The summed E-state index contributed by atoms with van der Waals surface area (Å²) in [4.78, 5) is 26.2. The van der Waals surface area contributed by atoms with Crippen LogP contribution < -0.4 is 10.6 Å². The lowest BCUT2D eigenvalue weighted by Crippen LogP contribution is -2.10. The van der Waals surface area contributed by atoms with Crippen LogP contribution >= 0.6 is 0 Å². The smallest absolute Gasteiger partial charge is 0.411 e. The van der Waals surface area contributed by atoms with E-state index in [0.717, 1.165) is 5.56 Å². The fourth-order valence-electron chi connectivity index (χ4n) is 2.53. The number of hydrogen-bond donors (Lipinski definition) is 2. The molecule has 1 aromatic heterocycles. The number of anilines is 2. The summed E-state index contributed by atoms with van der Waals surface area (Å²) < 4.78 is 4.54. The van der Waals surface area contributed by atoms with Gasteiger partial charge in [-0.15, -0.1) is 0 Å². The first-order valence-corrected chi connectivity index (χ1v) is 7.78. The quantitative estimate of drug-likeness (QED) is 0.532. The normalized spacial score (nSPS) is 10.3. The molecule has 1 amide bonds. The Balaban J connectivity index is 1.77. The van der Waals surface area contributed by atoms with Gasteiger partial charge in [-0.1, -0.05) is 12.1 Å². The Kier molecular flexibility index (Phi) is 4.93. The van der Waals surface area contributed by atoms with Crippen LogP contribution in [-0.4, -0.2) is 23.1 Å². The third-order valence-corrected chi connectivity index (χ3v) is 3.81. The van der Waals surface area contributed by atoms with Crippen LogP contribution in [0.3, 0.4) is 0 Å². The molecule has 132 valence electrons. The number of methoxy groups -OCH3 is 1. The summed E-state index contributed by atoms with van der Waals surface area (Å²) in [5.41, 5.74) is 2.89. The molecule has 0 aliphatic heterocycles. The fraction of sp³-hybridized carbons (Fsp3) is 0.111. The van der Waals surface area contributed by atoms with Gasteiger partial charge in [0.1, 0.15) is 5.52 Å². The Bertz CT molecular complexity index is 957. The van der Waals surface area contributed by atoms with E-state index < -0.39 is 11.0 Å². The minimum absolute atomic E-state index is 0.0249. The maximum atomic E-state index is 11.2. The third kappa shape index (κ3) is 3.69. The summed E-state index contributed by atoms with van der Waals surface area (Å²) in [5, 5.41) is 17.5. The maximum Gasteiger partial charge on any atom is 0.411 e. The molecule has 0 aliphatic rings. The zero-order valence-corrected chi connectivity index (χ0v) is 13.9. The van der Waals surface area contributed by atoms with Crippen LogP contribution in [0.5, 0.6) is 0 Å². The van der Waals surface area contributed by atoms with Gasteiger partial charge < -0.3 is 10.1 Å². The first kappa shape index (κ1) is 17.2. The maximum absolute atomic E-state index is 11.2. The van der Waals surface area contributed by atoms with Gasteiger partial charge in [0.15, 0.2) is 0 Å². The fourth-order valence-corrected chi connectivity index (χ4v) is 2.53. The lowest BCUT2D eigenvalue weighted by Gasteiger charge is -2.10. The van der Waals surface area contributed by atoms with Gasteiger partial charge in [0.2, 0.25) is 0 Å². The Morgan fingerprint density at radius 3 is 2.65 bits per heavy atom. The molecule has 0 unspecified atom stereocenters. The van der Waals surface area contributed by atoms with Crippen LogP contribution in [0, 0.1) is 10.1 Å². The average Bonchev–Trinajstić information content (AvgIpc) is 2.66. The Labute approximate surface area is 149 Å². The summed E-state index contributed by atoms with van der Waals surface area (Å²) in [6.07, 6.45) is 1.07. The molecule has 0 fully saturated rings. The van der Waals surface area contributed by atoms with Crippen LogP contribution in [-0.2, 0) is 11.3 Å². The number of carbonyl (C=O) groups excluding carboxylic acids is 1. The predicted molar refractivity (Wildman–Crippen MR) is 98.2 cm³/mol. The summed E-state index contributed by atoms with van der Waals surface area (Å²) >= 11 is 0. The van der Waals surface area contributed by atoms with E-state index in [2.05, 4.69) is 20.4 Å². The van der Waals surface area contributed by atoms with Crippen molar-refractivity contribution in [3.63, 3.8) is 0 Å². The van der Waals surface area contributed by atoms with Crippen molar-refractivity contribution in [1.29, 1.82) is 0 Å². The number of nitrogens with zero attached hydrogens (tertiary/aromatic N) is 2. The van der Waals surface area contributed by atoms with E-state index in [4.69, 9.17) is 0 Å². The molecule has 2 aromatic carbocycles. The lowest BCUT2D eigenvalue weighted by molar-refractivity contribution is -0.383. The number of fused-ring (bicyclic) bond motifs is 1. The molecule has 0 aliphatic carbocycles. The number of rotatable bonds is 5. The van der Waals surface area contributed by atoms with Crippen molar-refractivity contribution in [3.05, 3.63) is 70.4 Å². The predicted octanol–water partition coefficient (Wildman–Crippen LogP) is 3.93. The second-order valence-corrected chi connectivity index (χ2v) is 5.46. The van der Waals surface area contributed by atoms with Gasteiger partial charge in [0, 0.05) is 24.5 Å². The standard InChI is InChI=1S/C18H16N4O4/c1-26-18(23)21-13-6-4-12(5-7-13)11-20-15-8-9-16(22(24)25)14-3-2-10-19-17(14)15/h2-10,20H,11H2,1H3,(H,21,23). The van der Waals surface area contributed by atoms with Crippen molar-refractivity contribution in [2.24, 2.45) is 0 Å². The minimum Gasteiger partial charge on any atom is -0.453 e. The van der Waals surface area contributed by atoms with Crippen LogP contribution in [0.15, 0.2) is 54.7 Å². The molecule has 8 nitrogen and oxygen atoms in total. The Morgan fingerprint density at radius 1 is 1.19 bits per heavy atom. The second-order valence-electron chi connectivity index (χ2n) is 5.46. The number of carbonyl (C=O) groups is 1. The SMILES string of the molecule is COC(=O)Nc1ccc(CNc2ccc([N+](=O)[O-])c3cccnc23)cc1. The highest BCUT2D eigenvalue weighted by atomic mass is 16.6. The third-order valence-electron chi connectivity index (χ3n) is 3.81. The average molecular weight is 352 g/mol. The largest absolute Gasteiger partial charge is 0.453 e. The van der Waals surface area contributed by atoms with Crippen LogP contribution in [0.4, 0.5) is 21.9 Å². The number of pyridine rings is 1. The number of hydrogen-bond acceptors (Lipinski definition) is 6. The van der Waals surface area contributed by atoms with E-state index in [0.29, 0.717) is 28.8 Å². The molecule has 0 saturated carbocycles. The van der Waals surface area contributed by atoms with E-state index in [1.807, 2.05) is 12.1 Å². The molecule has 0 atom stereocenters. The van der Waals surface area contributed by atoms with Gasteiger partial charge in [0.05, 0.1) is 23.1 Å². The van der Waals surface area contributed by atoms with E-state index in [-0.39, 0.29) is 5.69 Å². The number of nitro benzene ring substituents is 1. The van der Waals surface area contributed by atoms with Gasteiger partial charge in [-0.25, -0.2) is 4.79 Å². The summed E-state index contributed by atoms with van der Waals surface area (Å²) in [7, 11) is 1.30. The number of nitro groups is 1. The van der Waals surface area contributed by atoms with E-state index in [1.54, 1.807) is 36.5 Å². The van der Waals surface area contributed by atoms with Crippen molar-refractivity contribution in [2.45, 2.75) is 6.54 Å². The highest BCUT2D eigenvalue weighted by Gasteiger charge is 2.14. The van der Waals surface area contributed by atoms with Crippen molar-refractivity contribution in [3.8, 4) is 0 Å². The Hall–Kier alpha value is -3.68. The van der Waals surface area contributed by atoms with Crippen LogP contribution in [0.1, 0.15) is 5.56 Å². The van der Waals surface area contributed by atoms with Crippen molar-refractivity contribution in [2.75, 3.05) is 17.7 Å². The molecule has 3 aromatic rings. The van der Waals surface area contributed by atoms with Crippen molar-refractivity contribution >= 4 is 34.1 Å². The van der Waals surface area contributed by atoms with Crippen LogP contribution in [0.2, 0.25) is 0 Å². The van der Waals surface area contributed by atoms with Gasteiger partial charge >= 0.3 is 6.09 Å². The summed E-state index contributed by atoms with van der Waals surface area (Å²) in [6, 6.07) is 13.7. The second kappa shape index (κ2) is 7.47. The zero-order valence-electron chi connectivity index (χ0n) is 13.9. The van der Waals surface area contributed by atoms with Gasteiger partial charge in [-0.2, -0.15) is 0 Å². The topological polar surface area (TPSA) is 106 Å². The van der Waals surface area contributed by atoms with Gasteiger partial charge in [-0.05, 0) is 35.9 Å². The lowest BCUT2D eigenvalue weighted by atomic mass is 10.1. The molecule has 0 radical (unpaired) electrons. The molecule has 2 N–H and O–H groups in total. The monoisotopic (exact) mass is 352 g/mol. The number of benzene rings is 2. The molecule has 1 heterocycles. The summed E-state index contributed by atoms with van der Waals surface area (Å²) in [6.45, 7) is 0.502. The molecule has 0 spiro atoms. The van der Waals surface area contributed by atoms with Gasteiger partial charge in [-0.3, -0.25) is 20.4 Å². The summed E-state index contributed by atoms with van der Waals surface area (Å²) in [5.74, 6) is 0. The Morgan fingerprint density at radius 2 is 1.96 bits per heavy atom. The molecular formula is C18H16N4O4. The minimum atomic E-state index is -0.528. The number of non-ortho nitro benzene ring substituents is 1. The first-order chi connectivity index (χ1) is 12.6. The molecule has 0 bridgehead atoms. The van der Waals surface area contributed by atoms with E-state index in [9.17, 15) is 14.9 Å². The molecule has 3 rings (SSSR count). The molecular weight excluding hydrogens is 336 g/mol. The number of nitrogens with one attached hydrogen (secondary N) is 2. The molecule has 26 heavy (non-hydrogen) atoms. The number of amides is 1. The van der Waals surface area contributed by atoms with Gasteiger partial charge in [0.25, 0.3) is 5.69 Å². The molecule has 0 saturated heterocycles. The van der Waals surface area contributed by atoms with Crippen molar-refractivity contribution < 1.29 is 14.5 Å². The zero-order chi connectivity index (χ0) is 18.5. The molecule has 8 heteroatoms. The highest BCUT2D eigenvalue weighted by Crippen LogP contribution is 2.30. The van der Waals surface area contributed by atoms with E-state index >= 15 is 0 Å². The van der Waals surface area contributed by atoms with Crippen LogP contribution in [0.25, 0.3) is 10.9 Å².